The van der Waals surface area contributed by atoms with Gasteiger partial charge in [-0.1, -0.05) is 212 Å². The summed E-state index contributed by atoms with van der Waals surface area (Å²) in [6, 6.07) is -0.612. The highest BCUT2D eigenvalue weighted by molar-refractivity contribution is 5.72. The average Bonchev–Trinajstić information content (AvgIpc) is 3.22. The fraction of sp³-hybridized carbons (Fsp3) is 0.906. The van der Waals surface area contributed by atoms with Crippen LogP contribution in [0.25, 0.3) is 0 Å². The summed E-state index contributed by atoms with van der Waals surface area (Å²) in [7, 11) is 5.54. The summed E-state index contributed by atoms with van der Waals surface area (Å²) in [6.07, 6.45) is 49.8. The molecule has 0 aliphatic carbocycles. The quantitative estimate of drug-likeness (QED) is 0.0281. The summed E-state index contributed by atoms with van der Waals surface area (Å²) >= 11 is 0. The largest absolute Gasteiger partial charge is 0.477 e. The van der Waals surface area contributed by atoms with Crippen LogP contribution in [0.3, 0.4) is 0 Å². The Balaban J connectivity index is 4.17. The predicted octanol–water partition coefficient (Wildman–Crippen LogP) is 15.0. The SMILES string of the molecule is CCCCCCCCCCCCCC/C=C/CCCCCCCCCC(=O)OC(COCCC(C(=O)O)[N+](C)(C)C)COC(=O)CCCCCCCCCCCCCCCC. The molecule has 2 atom stereocenters. The van der Waals surface area contributed by atoms with Crippen molar-refractivity contribution < 1.29 is 38.2 Å². The van der Waals surface area contributed by atoms with Crippen LogP contribution >= 0.6 is 0 Å². The van der Waals surface area contributed by atoms with Crippen molar-refractivity contribution in [3.8, 4) is 0 Å². The number of carboxylic acids is 1. The van der Waals surface area contributed by atoms with Crippen LogP contribution in [0.2, 0.25) is 0 Å². The summed E-state index contributed by atoms with van der Waals surface area (Å²) in [4.78, 5) is 37.1. The van der Waals surface area contributed by atoms with Gasteiger partial charge in [0.1, 0.15) is 6.61 Å². The standard InChI is InChI=1S/C53H101NO7/c1-6-8-10-12-14-16-18-20-22-23-24-25-26-27-28-29-30-32-34-36-38-40-42-44-52(56)61-49(47-59-46-45-50(53(57)58)54(3,4)5)48-60-51(55)43-41-39-37-35-33-31-21-19-17-15-13-11-9-7-2/h27-28,49-50H,6-26,29-48H2,1-5H3/p+1/b28-27+. The van der Waals surface area contributed by atoms with E-state index in [-0.39, 0.29) is 36.2 Å². The number of hydrogen-bond donors (Lipinski definition) is 1. The lowest BCUT2D eigenvalue weighted by atomic mass is 10.0. The van der Waals surface area contributed by atoms with Gasteiger partial charge < -0.3 is 23.8 Å². The highest BCUT2D eigenvalue weighted by Gasteiger charge is 2.31. The maximum atomic E-state index is 12.8. The molecule has 0 spiro atoms. The van der Waals surface area contributed by atoms with Gasteiger partial charge >= 0.3 is 17.9 Å². The molecule has 8 nitrogen and oxygen atoms in total. The Hall–Kier alpha value is -1.93. The Morgan fingerprint density at radius 1 is 0.475 bits per heavy atom. The minimum Gasteiger partial charge on any atom is -0.477 e. The third kappa shape index (κ3) is 43.1. The second kappa shape index (κ2) is 44.7. The van der Waals surface area contributed by atoms with E-state index in [0.717, 1.165) is 38.5 Å². The number of aliphatic carboxylic acids is 1. The molecule has 0 aromatic rings. The summed E-state index contributed by atoms with van der Waals surface area (Å²) in [5.74, 6) is -1.45. The molecule has 0 aliphatic rings. The van der Waals surface area contributed by atoms with Crippen LogP contribution in [-0.4, -0.2) is 80.6 Å². The first-order valence-corrected chi connectivity index (χ1v) is 26.2. The van der Waals surface area contributed by atoms with Crippen molar-refractivity contribution in [3.63, 3.8) is 0 Å². The van der Waals surface area contributed by atoms with E-state index in [1.165, 1.54) is 186 Å². The number of esters is 2. The predicted molar refractivity (Wildman–Crippen MR) is 257 cm³/mol. The van der Waals surface area contributed by atoms with Crippen LogP contribution in [0.1, 0.15) is 258 Å². The molecule has 0 saturated heterocycles. The number of carbonyl (C=O) groups is 3. The zero-order valence-corrected chi connectivity index (χ0v) is 41.1. The van der Waals surface area contributed by atoms with Gasteiger partial charge in [-0.15, -0.1) is 0 Å². The van der Waals surface area contributed by atoms with E-state index in [1.54, 1.807) is 0 Å². The van der Waals surface area contributed by atoms with E-state index >= 15 is 0 Å². The van der Waals surface area contributed by atoms with Gasteiger partial charge in [-0.2, -0.15) is 0 Å². The number of carbonyl (C=O) groups excluding carboxylic acids is 2. The molecule has 0 bridgehead atoms. The molecule has 0 fully saturated rings. The fourth-order valence-electron chi connectivity index (χ4n) is 8.09. The third-order valence-corrected chi connectivity index (χ3v) is 12.2. The summed E-state index contributed by atoms with van der Waals surface area (Å²) in [5.41, 5.74) is 0. The molecule has 61 heavy (non-hydrogen) atoms. The molecule has 0 saturated carbocycles. The van der Waals surface area contributed by atoms with Crippen LogP contribution in [0.5, 0.6) is 0 Å². The van der Waals surface area contributed by atoms with Crippen molar-refractivity contribution in [3.05, 3.63) is 12.2 Å². The lowest BCUT2D eigenvalue weighted by Crippen LogP contribution is -2.50. The smallest absolute Gasteiger partial charge is 0.362 e. The van der Waals surface area contributed by atoms with Gasteiger partial charge in [-0.25, -0.2) is 4.79 Å². The number of likely N-dealkylation sites (N-methyl/N-ethyl adjacent to an activating group) is 1. The summed E-state index contributed by atoms with van der Waals surface area (Å²) in [6.45, 7) is 4.78. The Kier molecular flexibility index (Phi) is 43.3. The van der Waals surface area contributed by atoms with Crippen LogP contribution in [0.4, 0.5) is 0 Å². The fourth-order valence-corrected chi connectivity index (χ4v) is 8.09. The molecule has 0 radical (unpaired) electrons. The number of unbranched alkanes of at least 4 members (excludes halogenated alkanes) is 32. The van der Waals surface area contributed by atoms with Crippen molar-refractivity contribution in [2.24, 2.45) is 0 Å². The molecule has 0 aromatic heterocycles. The molecule has 0 aromatic carbocycles. The second-order valence-electron chi connectivity index (χ2n) is 19.1. The number of carboxylic acid groups (broad SMARTS) is 1. The zero-order valence-electron chi connectivity index (χ0n) is 41.1. The molecule has 0 amide bonds. The van der Waals surface area contributed by atoms with Crippen molar-refractivity contribution in [2.75, 3.05) is 41.0 Å². The number of quaternary nitrogens is 1. The first-order valence-electron chi connectivity index (χ1n) is 26.2. The van der Waals surface area contributed by atoms with E-state index < -0.39 is 18.1 Å². The van der Waals surface area contributed by atoms with Gasteiger partial charge in [0.15, 0.2) is 12.1 Å². The minimum absolute atomic E-state index is 0.0462. The number of allylic oxidation sites excluding steroid dienone is 2. The third-order valence-electron chi connectivity index (χ3n) is 12.2. The van der Waals surface area contributed by atoms with Gasteiger partial charge in [0, 0.05) is 19.3 Å². The van der Waals surface area contributed by atoms with E-state index in [9.17, 15) is 19.5 Å². The van der Waals surface area contributed by atoms with E-state index in [0.29, 0.717) is 19.3 Å². The number of ether oxygens (including phenoxy) is 3. The first kappa shape index (κ1) is 59.1. The number of rotatable bonds is 48. The monoisotopic (exact) mass is 865 g/mol. The Morgan fingerprint density at radius 2 is 0.820 bits per heavy atom. The van der Waals surface area contributed by atoms with E-state index in [1.807, 2.05) is 21.1 Å². The molecule has 0 rings (SSSR count). The van der Waals surface area contributed by atoms with Crippen molar-refractivity contribution in [1.82, 2.24) is 0 Å². The van der Waals surface area contributed by atoms with Crippen LogP contribution in [0, 0.1) is 0 Å². The summed E-state index contributed by atoms with van der Waals surface area (Å²) < 4.78 is 17.4. The van der Waals surface area contributed by atoms with Gasteiger partial charge in [0.25, 0.3) is 0 Å². The second-order valence-corrected chi connectivity index (χ2v) is 19.1. The first-order chi connectivity index (χ1) is 29.6. The van der Waals surface area contributed by atoms with Crippen LogP contribution in [0.15, 0.2) is 12.2 Å². The molecular weight excluding hydrogens is 763 g/mol. The topological polar surface area (TPSA) is 99.1 Å². The van der Waals surface area contributed by atoms with E-state index in [4.69, 9.17) is 14.2 Å². The Labute approximate surface area is 378 Å². The van der Waals surface area contributed by atoms with Crippen molar-refractivity contribution >= 4 is 17.9 Å². The molecule has 8 heteroatoms. The van der Waals surface area contributed by atoms with Gasteiger partial charge in [-0.05, 0) is 38.5 Å². The maximum Gasteiger partial charge on any atom is 0.362 e. The molecule has 0 aliphatic heterocycles. The number of hydrogen-bond acceptors (Lipinski definition) is 6. The van der Waals surface area contributed by atoms with Crippen LogP contribution in [-0.2, 0) is 28.6 Å². The van der Waals surface area contributed by atoms with E-state index in [2.05, 4.69) is 26.0 Å². The summed E-state index contributed by atoms with van der Waals surface area (Å²) in [5, 5.41) is 9.65. The molecule has 0 heterocycles. The zero-order chi connectivity index (χ0) is 44.9. The Morgan fingerprint density at radius 3 is 1.18 bits per heavy atom. The van der Waals surface area contributed by atoms with Gasteiger partial charge in [0.2, 0.25) is 0 Å². The molecule has 1 N–H and O–H groups in total. The van der Waals surface area contributed by atoms with Gasteiger partial charge in [-0.3, -0.25) is 9.59 Å². The molecule has 360 valence electrons. The van der Waals surface area contributed by atoms with Crippen molar-refractivity contribution in [1.29, 1.82) is 0 Å². The lowest BCUT2D eigenvalue weighted by molar-refractivity contribution is -0.887. The molecular formula is C53H102NO7+. The maximum absolute atomic E-state index is 12.8. The molecule has 2 unspecified atom stereocenters. The normalized spacial score (nSPS) is 12.9. The highest BCUT2D eigenvalue weighted by Crippen LogP contribution is 2.16. The van der Waals surface area contributed by atoms with Crippen molar-refractivity contribution in [2.45, 2.75) is 270 Å². The average molecular weight is 865 g/mol. The lowest BCUT2D eigenvalue weighted by Gasteiger charge is -2.31. The van der Waals surface area contributed by atoms with Crippen LogP contribution < -0.4 is 0 Å². The van der Waals surface area contributed by atoms with Gasteiger partial charge in [0.05, 0.1) is 34.4 Å². The number of nitrogens with zero attached hydrogens (tertiary/aromatic N) is 1. The Bertz CT molecular complexity index is 1010. The minimum atomic E-state index is -0.871. The highest BCUT2D eigenvalue weighted by atomic mass is 16.6.